The molecule has 48 heavy (non-hydrogen) atoms. The summed E-state index contributed by atoms with van der Waals surface area (Å²) in [6.45, 7) is 0.279. The second kappa shape index (κ2) is 16.1. The van der Waals surface area contributed by atoms with E-state index in [9.17, 15) is 31.9 Å². The molecule has 15 heteroatoms. The molecule has 0 aliphatic heterocycles. The van der Waals surface area contributed by atoms with Crippen LogP contribution in [0.4, 0.5) is 26.7 Å². The average Bonchev–Trinajstić information content (AvgIpc) is 3.51. The van der Waals surface area contributed by atoms with Gasteiger partial charge in [0.1, 0.15) is 17.1 Å². The number of carbonyl (C=O) groups excluding carboxylic acids is 3. The summed E-state index contributed by atoms with van der Waals surface area (Å²) in [7, 11) is 1.28. The van der Waals surface area contributed by atoms with Gasteiger partial charge in [-0.25, -0.2) is 9.18 Å². The highest BCUT2D eigenvalue weighted by atomic mass is 35.5. The molecule has 3 N–H and O–H groups in total. The lowest BCUT2D eigenvalue weighted by Gasteiger charge is -2.36. The number of amides is 3. The fourth-order valence-corrected chi connectivity index (χ4v) is 5.69. The molecule has 3 atom stereocenters. The first-order chi connectivity index (χ1) is 22.8. The lowest BCUT2D eigenvalue weighted by Crippen LogP contribution is -2.54. The van der Waals surface area contributed by atoms with Gasteiger partial charge in [-0.3, -0.25) is 14.6 Å². The van der Waals surface area contributed by atoms with Gasteiger partial charge in [0.05, 0.1) is 17.8 Å². The molecule has 3 amide bonds. The van der Waals surface area contributed by atoms with Crippen molar-refractivity contribution < 1.29 is 45.8 Å². The second-order valence-electron chi connectivity index (χ2n) is 11.3. The monoisotopic (exact) mass is 696 g/mol. The van der Waals surface area contributed by atoms with Crippen LogP contribution in [0.1, 0.15) is 48.9 Å². The summed E-state index contributed by atoms with van der Waals surface area (Å²) in [5.41, 5.74) is -1.17. The first kappa shape index (κ1) is 36.4. The summed E-state index contributed by atoms with van der Waals surface area (Å²) in [6, 6.07) is 12.8. The third kappa shape index (κ3) is 9.55. The van der Waals surface area contributed by atoms with Gasteiger partial charge >= 0.3 is 24.5 Å². The maximum Gasteiger partial charge on any atom is 0.461 e. The maximum absolute atomic E-state index is 15.1. The number of hydrogen-bond donors (Lipinski definition) is 3. The molecular weight excluding hydrogens is 663 g/mol. The molecule has 3 aromatic rings. The predicted octanol–water partition coefficient (Wildman–Crippen LogP) is 6.13. The van der Waals surface area contributed by atoms with Crippen molar-refractivity contribution in [2.75, 3.05) is 13.7 Å². The fourth-order valence-electron chi connectivity index (χ4n) is 5.58. The van der Waals surface area contributed by atoms with Crippen LogP contribution in [0.25, 0.3) is 0 Å². The van der Waals surface area contributed by atoms with Crippen molar-refractivity contribution in [3.8, 4) is 5.75 Å². The Morgan fingerprint density at radius 2 is 1.81 bits per heavy atom. The van der Waals surface area contributed by atoms with E-state index in [1.54, 1.807) is 30.3 Å². The van der Waals surface area contributed by atoms with E-state index < -0.39 is 47.6 Å². The van der Waals surface area contributed by atoms with Gasteiger partial charge in [-0.1, -0.05) is 41.9 Å². The van der Waals surface area contributed by atoms with Crippen molar-refractivity contribution in [3.63, 3.8) is 0 Å². The number of rotatable bonds is 14. The number of benzene rings is 2. The Bertz CT molecular complexity index is 1570. The number of esters is 1. The Morgan fingerprint density at radius 3 is 2.48 bits per heavy atom. The number of hydrogen-bond acceptors (Lipinski definition) is 6. The molecule has 0 spiro atoms. The van der Waals surface area contributed by atoms with Crippen molar-refractivity contribution in [1.82, 2.24) is 20.9 Å². The zero-order chi connectivity index (χ0) is 34.9. The Kier molecular flexibility index (Phi) is 12.2. The van der Waals surface area contributed by atoms with Crippen LogP contribution in [-0.4, -0.2) is 55.1 Å². The minimum absolute atomic E-state index is 0.0920. The van der Waals surface area contributed by atoms with Gasteiger partial charge in [-0.15, -0.1) is 0 Å². The molecule has 0 radical (unpaired) electrons. The Balaban J connectivity index is 1.63. The average molecular weight is 697 g/mol. The summed E-state index contributed by atoms with van der Waals surface area (Å²) < 4.78 is 77.7. The van der Waals surface area contributed by atoms with E-state index >= 15 is 4.39 Å². The second-order valence-corrected chi connectivity index (χ2v) is 11.8. The molecule has 0 saturated heterocycles. The van der Waals surface area contributed by atoms with Crippen LogP contribution in [0.15, 0.2) is 66.9 Å². The molecule has 0 unspecified atom stereocenters. The minimum Gasteiger partial charge on any atom is -0.469 e. The van der Waals surface area contributed by atoms with Gasteiger partial charge in [0.25, 0.3) is 0 Å². The predicted molar refractivity (Wildman–Crippen MR) is 165 cm³/mol. The van der Waals surface area contributed by atoms with Crippen molar-refractivity contribution in [1.29, 1.82) is 0 Å². The van der Waals surface area contributed by atoms with Crippen LogP contribution < -0.4 is 20.7 Å². The van der Waals surface area contributed by atoms with E-state index in [1.807, 2.05) is 0 Å². The van der Waals surface area contributed by atoms with Gasteiger partial charge in [0.15, 0.2) is 0 Å². The first-order valence-electron chi connectivity index (χ1n) is 15.1. The largest absolute Gasteiger partial charge is 0.469 e. The van der Waals surface area contributed by atoms with Gasteiger partial charge in [-0.2, -0.15) is 17.6 Å². The maximum atomic E-state index is 15.1. The molecule has 1 saturated carbocycles. The summed E-state index contributed by atoms with van der Waals surface area (Å²) in [5.74, 6) is -3.01. The Morgan fingerprint density at radius 1 is 1.06 bits per heavy atom. The van der Waals surface area contributed by atoms with E-state index in [2.05, 4.69) is 30.4 Å². The summed E-state index contributed by atoms with van der Waals surface area (Å²) in [6.07, 6.45) is -6.13. The van der Waals surface area contributed by atoms with Gasteiger partial charge in [-0.05, 0) is 61.1 Å². The number of methoxy groups -OCH3 is 1. The van der Waals surface area contributed by atoms with Gasteiger partial charge in [0, 0.05) is 43.6 Å². The van der Waals surface area contributed by atoms with Crippen LogP contribution in [0.3, 0.4) is 0 Å². The number of carbonyl (C=O) groups is 3. The van der Waals surface area contributed by atoms with E-state index in [0.717, 1.165) is 12.1 Å². The van der Waals surface area contributed by atoms with Gasteiger partial charge in [0.2, 0.25) is 5.91 Å². The summed E-state index contributed by atoms with van der Waals surface area (Å²) in [5, 5.41) is 8.70. The standard InChI is InChI=1S/C33H34ClF5N4O5/c1-47-28(44)8-5-13-40-29(45)21-9-11-25(14-21)42-31(46)43-32(18-20-6-3-2-4-7-20,27-12-10-23(34)19-41-27)22-15-24(35)17-26(16-22)48-33(38,39)30(36)37/h2-4,6-7,10,12,15-17,19,21,25,30H,5,8-9,11,13-14,18H2,1H3,(H,40,45)(H2,42,43,46)/t21-,25+,32-/m0/s1. The van der Waals surface area contributed by atoms with Crippen LogP contribution in [0.5, 0.6) is 5.75 Å². The van der Waals surface area contributed by atoms with E-state index in [1.165, 1.54) is 25.4 Å². The van der Waals surface area contributed by atoms with Crippen LogP contribution in [0, 0.1) is 11.7 Å². The quantitative estimate of drug-likeness (QED) is 0.106. The molecule has 2 aromatic carbocycles. The number of nitrogens with zero attached hydrogens (tertiary/aromatic N) is 1. The zero-order valence-corrected chi connectivity index (χ0v) is 26.5. The smallest absolute Gasteiger partial charge is 0.461 e. The highest BCUT2D eigenvalue weighted by molar-refractivity contribution is 6.30. The minimum atomic E-state index is -4.93. The van der Waals surface area contributed by atoms with E-state index in [-0.39, 0.29) is 47.5 Å². The number of halogens is 6. The van der Waals surface area contributed by atoms with Gasteiger partial charge < -0.3 is 25.4 Å². The van der Waals surface area contributed by atoms with Crippen molar-refractivity contribution >= 4 is 29.5 Å². The number of nitrogens with one attached hydrogen (secondary N) is 3. The fraction of sp³-hybridized carbons (Fsp3) is 0.394. The summed E-state index contributed by atoms with van der Waals surface area (Å²) in [4.78, 5) is 42.1. The number of alkyl halides is 4. The van der Waals surface area contributed by atoms with Crippen LogP contribution >= 0.6 is 11.6 Å². The van der Waals surface area contributed by atoms with E-state index in [4.69, 9.17) is 11.6 Å². The molecular formula is C33H34ClF5N4O5. The van der Waals surface area contributed by atoms with Crippen molar-refractivity contribution in [2.45, 2.75) is 62.6 Å². The van der Waals surface area contributed by atoms with Crippen LogP contribution in [0.2, 0.25) is 5.02 Å². The molecule has 1 fully saturated rings. The molecule has 1 heterocycles. The van der Waals surface area contributed by atoms with Crippen molar-refractivity contribution in [3.05, 3.63) is 94.5 Å². The SMILES string of the molecule is COC(=O)CCCNC(=O)[C@H]1CC[C@@H](NC(=O)N[C@@](Cc2ccccc2)(c2cc(F)cc(OC(F)(F)C(F)F)c2)c2ccc(Cl)cn2)C1. The molecule has 1 aliphatic carbocycles. The topological polar surface area (TPSA) is 119 Å². The Hall–Kier alpha value is -4.46. The number of pyridine rings is 1. The molecule has 1 aliphatic rings. The Labute approximate surface area is 278 Å². The van der Waals surface area contributed by atoms with E-state index in [0.29, 0.717) is 37.3 Å². The molecule has 0 bridgehead atoms. The molecule has 258 valence electrons. The first-order valence-corrected chi connectivity index (χ1v) is 15.4. The molecule has 4 rings (SSSR count). The number of ether oxygens (including phenoxy) is 2. The molecule has 9 nitrogen and oxygen atoms in total. The third-order valence-electron chi connectivity index (χ3n) is 7.90. The summed E-state index contributed by atoms with van der Waals surface area (Å²) >= 11 is 6.09. The normalized spacial score (nSPS) is 17.3. The number of aromatic nitrogens is 1. The lowest BCUT2D eigenvalue weighted by atomic mass is 9.80. The van der Waals surface area contributed by atoms with Crippen molar-refractivity contribution in [2.24, 2.45) is 5.92 Å². The lowest BCUT2D eigenvalue weighted by molar-refractivity contribution is -0.253. The van der Waals surface area contributed by atoms with Crippen LogP contribution in [-0.2, 0) is 26.3 Å². The molecule has 1 aromatic heterocycles. The highest BCUT2D eigenvalue weighted by Gasteiger charge is 2.45. The zero-order valence-electron chi connectivity index (χ0n) is 25.8. The third-order valence-corrected chi connectivity index (χ3v) is 8.12. The highest BCUT2D eigenvalue weighted by Crippen LogP contribution is 2.37. The number of urea groups is 1.